The smallest absolute Gasteiger partial charge is 0.184 e. The predicted octanol–water partition coefficient (Wildman–Crippen LogP) is -2.08. The van der Waals surface area contributed by atoms with Crippen LogP contribution in [-0.4, -0.2) is 56.7 Å². The first kappa shape index (κ1) is 12.8. The van der Waals surface area contributed by atoms with E-state index in [0.717, 1.165) is 0 Å². The van der Waals surface area contributed by atoms with Crippen LogP contribution in [0.15, 0.2) is 0 Å². The lowest BCUT2D eigenvalue weighted by Gasteiger charge is -2.52. The molecule has 0 spiro atoms. The molecule has 6 heteroatoms. The summed E-state index contributed by atoms with van der Waals surface area (Å²) in [4.78, 5) is 0. The molecule has 0 radical (unpaired) electrons. The van der Waals surface area contributed by atoms with Crippen LogP contribution in [0.5, 0.6) is 0 Å². The summed E-state index contributed by atoms with van der Waals surface area (Å²) in [7, 11) is 0. The minimum absolute atomic E-state index is 0.233. The molecule has 0 bridgehead atoms. The summed E-state index contributed by atoms with van der Waals surface area (Å²) in [5.41, 5.74) is 4.37. The Labute approximate surface area is 88.3 Å². The third-order valence-corrected chi connectivity index (χ3v) is 3.24. The Kier molecular flexibility index (Phi) is 3.39. The maximum absolute atomic E-state index is 9.95. The molecule has 0 aromatic heterocycles. The second-order valence-electron chi connectivity index (χ2n) is 4.15. The second-order valence-corrected chi connectivity index (χ2v) is 4.15. The summed E-state index contributed by atoms with van der Waals surface area (Å²) in [5.74, 6) is -1.78. The zero-order chi connectivity index (χ0) is 11.9. The van der Waals surface area contributed by atoms with Gasteiger partial charge in [0.2, 0.25) is 0 Å². The lowest BCUT2D eigenvalue weighted by atomic mass is 9.76. The number of rotatable bonds is 2. The van der Waals surface area contributed by atoms with E-state index in [1.165, 1.54) is 6.92 Å². The van der Waals surface area contributed by atoms with Crippen molar-refractivity contribution in [2.75, 3.05) is 6.61 Å². The van der Waals surface area contributed by atoms with Gasteiger partial charge in [-0.15, -0.1) is 0 Å². The van der Waals surface area contributed by atoms with Crippen LogP contribution in [0, 0.1) is 0 Å². The Morgan fingerprint density at radius 1 is 1.40 bits per heavy atom. The summed E-state index contributed by atoms with van der Waals surface area (Å²) in [6.07, 6.45) is -3.45. The molecule has 90 valence electrons. The molecule has 0 saturated carbocycles. The first-order chi connectivity index (χ1) is 6.80. The Balaban J connectivity index is 3.01. The Morgan fingerprint density at radius 2 is 1.93 bits per heavy atom. The van der Waals surface area contributed by atoms with Crippen molar-refractivity contribution in [2.24, 2.45) is 5.73 Å². The highest BCUT2D eigenvalue weighted by molar-refractivity contribution is 5.08. The van der Waals surface area contributed by atoms with Gasteiger partial charge in [-0.2, -0.15) is 0 Å². The Hall–Kier alpha value is -0.240. The van der Waals surface area contributed by atoms with Gasteiger partial charge in [-0.1, -0.05) is 6.92 Å². The molecule has 0 amide bonds. The molecule has 1 aliphatic rings. The zero-order valence-corrected chi connectivity index (χ0v) is 8.92. The Morgan fingerprint density at radius 3 is 2.33 bits per heavy atom. The molecule has 6 N–H and O–H groups in total. The quantitative estimate of drug-likeness (QED) is 0.365. The maximum atomic E-state index is 9.95. The number of nitrogens with two attached hydrogens (primary N) is 1. The van der Waals surface area contributed by atoms with Gasteiger partial charge in [0.25, 0.3) is 0 Å². The topological polar surface area (TPSA) is 116 Å². The summed E-state index contributed by atoms with van der Waals surface area (Å²) in [6, 6.07) is 0. The first-order valence-corrected chi connectivity index (χ1v) is 4.96. The number of aliphatic hydroxyl groups excluding tert-OH is 3. The molecule has 1 fully saturated rings. The fourth-order valence-electron chi connectivity index (χ4n) is 1.94. The fraction of sp³-hybridized carbons (Fsp3) is 1.00. The van der Waals surface area contributed by atoms with Gasteiger partial charge in [-0.25, -0.2) is 0 Å². The summed E-state index contributed by atoms with van der Waals surface area (Å²) in [6.45, 7) is 2.50. The summed E-state index contributed by atoms with van der Waals surface area (Å²) < 4.78 is 5.08. The van der Waals surface area contributed by atoms with Gasteiger partial charge < -0.3 is 30.9 Å². The number of aliphatic hydroxyl groups is 4. The van der Waals surface area contributed by atoms with Crippen LogP contribution < -0.4 is 5.73 Å². The van der Waals surface area contributed by atoms with Crippen molar-refractivity contribution >= 4 is 0 Å². The number of ether oxygens (including phenoxy) is 1. The van der Waals surface area contributed by atoms with Gasteiger partial charge in [0.15, 0.2) is 5.79 Å². The number of hydrogen-bond acceptors (Lipinski definition) is 6. The van der Waals surface area contributed by atoms with Crippen molar-refractivity contribution < 1.29 is 25.2 Å². The largest absolute Gasteiger partial charge is 0.394 e. The van der Waals surface area contributed by atoms with Crippen molar-refractivity contribution in [3.8, 4) is 0 Å². The number of hydrogen-bond donors (Lipinski definition) is 5. The van der Waals surface area contributed by atoms with E-state index in [9.17, 15) is 15.3 Å². The van der Waals surface area contributed by atoms with E-state index >= 15 is 0 Å². The molecule has 0 aromatic carbocycles. The van der Waals surface area contributed by atoms with Crippen molar-refractivity contribution in [1.29, 1.82) is 0 Å². The molecule has 1 saturated heterocycles. The molecular formula is C9H19NO5. The maximum Gasteiger partial charge on any atom is 0.184 e. The standard InChI is InChI=1S/C9H19NO5/c1-3-9(10)7(13)6(12)5(4-11)15-8(9,2)14/h5-7,11-14H,3-4,10H2,1-2H3/t5-,6-,7+,8?,9-/m1/s1. The van der Waals surface area contributed by atoms with E-state index in [4.69, 9.17) is 15.6 Å². The van der Waals surface area contributed by atoms with E-state index < -0.39 is 36.2 Å². The van der Waals surface area contributed by atoms with Gasteiger partial charge >= 0.3 is 0 Å². The highest BCUT2D eigenvalue weighted by Crippen LogP contribution is 2.36. The van der Waals surface area contributed by atoms with Crippen LogP contribution in [0.3, 0.4) is 0 Å². The normalized spacial score (nSPS) is 51.8. The molecule has 1 rings (SSSR count). The summed E-state index contributed by atoms with van der Waals surface area (Å²) in [5, 5.41) is 38.3. The highest BCUT2D eigenvalue weighted by Gasteiger charge is 2.58. The van der Waals surface area contributed by atoms with Crippen molar-refractivity contribution in [3.05, 3.63) is 0 Å². The van der Waals surface area contributed by atoms with Crippen LogP contribution in [0.1, 0.15) is 20.3 Å². The SMILES string of the molecule is CC[C@@]1(N)[C@@H](O)[C@H](O)[C@@H](CO)OC1(C)O. The first-order valence-electron chi connectivity index (χ1n) is 4.96. The van der Waals surface area contributed by atoms with Gasteiger partial charge in [0, 0.05) is 0 Å². The monoisotopic (exact) mass is 221 g/mol. The van der Waals surface area contributed by atoms with Gasteiger partial charge in [-0.3, -0.25) is 0 Å². The minimum Gasteiger partial charge on any atom is -0.394 e. The predicted molar refractivity (Wildman–Crippen MR) is 51.8 cm³/mol. The third-order valence-electron chi connectivity index (χ3n) is 3.24. The lowest BCUT2D eigenvalue weighted by Crippen LogP contribution is -2.75. The second kappa shape index (κ2) is 3.97. The molecule has 1 heterocycles. The third kappa shape index (κ3) is 1.77. The average molecular weight is 221 g/mol. The van der Waals surface area contributed by atoms with Crippen LogP contribution in [0.4, 0.5) is 0 Å². The molecule has 0 aliphatic carbocycles. The van der Waals surface area contributed by atoms with E-state index in [1.54, 1.807) is 6.92 Å². The summed E-state index contributed by atoms with van der Waals surface area (Å²) >= 11 is 0. The molecule has 1 unspecified atom stereocenters. The molecule has 15 heavy (non-hydrogen) atoms. The van der Waals surface area contributed by atoms with E-state index in [1.807, 2.05) is 0 Å². The highest BCUT2D eigenvalue weighted by atomic mass is 16.6. The molecule has 0 aromatic rings. The van der Waals surface area contributed by atoms with Crippen molar-refractivity contribution in [1.82, 2.24) is 0 Å². The zero-order valence-electron chi connectivity index (χ0n) is 8.92. The fourth-order valence-corrected chi connectivity index (χ4v) is 1.94. The van der Waals surface area contributed by atoms with Crippen LogP contribution >= 0.6 is 0 Å². The minimum atomic E-state index is -1.78. The van der Waals surface area contributed by atoms with Gasteiger partial charge in [0.05, 0.1) is 12.1 Å². The van der Waals surface area contributed by atoms with Gasteiger partial charge in [0.1, 0.15) is 18.3 Å². The van der Waals surface area contributed by atoms with E-state index in [-0.39, 0.29) is 6.42 Å². The van der Waals surface area contributed by atoms with E-state index in [0.29, 0.717) is 0 Å². The molecule has 1 aliphatic heterocycles. The van der Waals surface area contributed by atoms with Gasteiger partial charge in [-0.05, 0) is 13.3 Å². The van der Waals surface area contributed by atoms with Crippen molar-refractivity contribution in [3.63, 3.8) is 0 Å². The molecule has 6 nitrogen and oxygen atoms in total. The van der Waals surface area contributed by atoms with Crippen LogP contribution in [0.2, 0.25) is 0 Å². The van der Waals surface area contributed by atoms with E-state index in [2.05, 4.69) is 0 Å². The van der Waals surface area contributed by atoms with Crippen LogP contribution in [-0.2, 0) is 4.74 Å². The Bertz CT molecular complexity index is 235. The molecular weight excluding hydrogens is 202 g/mol. The van der Waals surface area contributed by atoms with Crippen molar-refractivity contribution in [2.45, 2.75) is 49.9 Å². The van der Waals surface area contributed by atoms with Crippen LogP contribution in [0.25, 0.3) is 0 Å². The molecule has 5 atom stereocenters. The average Bonchev–Trinajstić information content (AvgIpc) is 2.20. The lowest BCUT2D eigenvalue weighted by molar-refractivity contribution is -0.334.